The fraction of sp³-hybridized carbons (Fsp3) is 0.273. The highest BCUT2D eigenvalue weighted by Gasteiger charge is 2.15. The number of halogens is 1. The van der Waals surface area contributed by atoms with E-state index in [0.29, 0.717) is 16.4 Å². The minimum absolute atomic E-state index is 0.232. The number of methoxy groups -OCH3 is 1. The largest absolute Gasteiger partial charge is 0.493 e. The van der Waals surface area contributed by atoms with E-state index in [1.807, 2.05) is 13.0 Å². The van der Waals surface area contributed by atoms with Crippen molar-refractivity contribution in [3.8, 4) is 5.75 Å². The molecular weight excluding hydrogens is 230 g/mol. The van der Waals surface area contributed by atoms with E-state index >= 15 is 0 Å². The highest BCUT2D eigenvalue weighted by molar-refractivity contribution is 6.36. The van der Waals surface area contributed by atoms with Crippen LogP contribution in [0.2, 0.25) is 5.02 Å². The van der Waals surface area contributed by atoms with Crippen LogP contribution in [0.15, 0.2) is 16.5 Å². The molecule has 0 saturated carbocycles. The summed E-state index contributed by atoms with van der Waals surface area (Å²) in [4.78, 5) is 4.59. The van der Waals surface area contributed by atoms with Crippen LogP contribution in [-0.2, 0) is 11.4 Å². The Bertz CT molecular complexity index is 521. The first-order chi connectivity index (χ1) is 7.67. The van der Waals surface area contributed by atoms with E-state index in [-0.39, 0.29) is 6.61 Å². The second kappa shape index (κ2) is 4.33. The Hall–Kier alpha value is -1.23. The van der Waals surface area contributed by atoms with Gasteiger partial charge < -0.3 is 9.15 Å². The van der Waals surface area contributed by atoms with E-state index in [1.165, 1.54) is 0 Å². The minimum Gasteiger partial charge on any atom is -0.493 e. The van der Waals surface area contributed by atoms with Crippen molar-refractivity contribution in [3.05, 3.63) is 28.5 Å². The van der Waals surface area contributed by atoms with Crippen molar-refractivity contribution < 1.29 is 14.0 Å². The third-order valence-electron chi connectivity index (χ3n) is 2.36. The molecule has 86 valence electrons. The van der Waals surface area contributed by atoms with Crippen LogP contribution < -0.4 is 10.6 Å². The quantitative estimate of drug-likeness (QED) is 0.840. The molecule has 2 N–H and O–H groups in total. The molecule has 2 rings (SSSR count). The number of nitrogens with two attached hydrogens (primary N) is 1. The first kappa shape index (κ1) is 11.3. The van der Waals surface area contributed by atoms with E-state index in [0.717, 1.165) is 16.7 Å². The maximum Gasteiger partial charge on any atom is 0.177 e. The van der Waals surface area contributed by atoms with Crippen LogP contribution in [-0.4, -0.2) is 7.11 Å². The van der Waals surface area contributed by atoms with Gasteiger partial charge in [0.15, 0.2) is 11.3 Å². The number of rotatable bonds is 3. The molecule has 0 radical (unpaired) electrons. The number of benzene rings is 1. The third-order valence-corrected chi connectivity index (χ3v) is 2.81. The zero-order valence-electron chi connectivity index (χ0n) is 9.04. The predicted octanol–water partition coefficient (Wildman–Crippen LogP) is 2.79. The lowest BCUT2D eigenvalue weighted by atomic mass is 10.1. The Labute approximate surface area is 97.8 Å². The predicted molar refractivity (Wildman–Crippen MR) is 61.5 cm³/mol. The Morgan fingerprint density at radius 3 is 2.81 bits per heavy atom. The zero-order chi connectivity index (χ0) is 11.7. The highest BCUT2D eigenvalue weighted by Crippen LogP contribution is 2.36. The monoisotopic (exact) mass is 241 g/mol. The van der Waals surface area contributed by atoms with E-state index < -0.39 is 0 Å². The zero-order valence-corrected chi connectivity index (χ0v) is 9.80. The summed E-state index contributed by atoms with van der Waals surface area (Å²) in [5, 5.41) is 1.39. The number of furan rings is 1. The van der Waals surface area contributed by atoms with Gasteiger partial charge in [-0.05, 0) is 19.1 Å². The lowest BCUT2D eigenvalue weighted by Crippen LogP contribution is -2.00. The number of aryl methyl sites for hydroxylation is 1. The molecule has 0 aliphatic rings. The Morgan fingerprint density at radius 2 is 2.19 bits per heavy atom. The van der Waals surface area contributed by atoms with Gasteiger partial charge in [-0.25, -0.2) is 5.90 Å². The topological polar surface area (TPSA) is 57.6 Å². The van der Waals surface area contributed by atoms with Crippen LogP contribution in [0.25, 0.3) is 11.0 Å². The molecule has 5 heteroatoms. The van der Waals surface area contributed by atoms with Crippen molar-refractivity contribution in [2.45, 2.75) is 13.5 Å². The van der Waals surface area contributed by atoms with Gasteiger partial charge in [0, 0.05) is 10.9 Å². The van der Waals surface area contributed by atoms with Gasteiger partial charge in [0.25, 0.3) is 0 Å². The Kier molecular flexibility index (Phi) is 3.05. The molecule has 16 heavy (non-hydrogen) atoms. The summed E-state index contributed by atoms with van der Waals surface area (Å²) in [5.41, 5.74) is 1.42. The van der Waals surface area contributed by atoms with Gasteiger partial charge >= 0.3 is 0 Å². The molecular formula is C11H12ClNO3. The summed E-state index contributed by atoms with van der Waals surface area (Å²) >= 11 is 6.21. The van der Waals surface area contributed by atoms with Gasteiger partial charge in [-0.3, -0.25) is 4.84 Å². The van der Waals surface area contributed by atoms with Crippen molar-refractivity contribution in [1.82, 2.24) is 0 Å². The van der Waals surface area contributed by atoms with Crippen molar-refractivity contribution in [2.24, 2.45) is 5.90 Å². The molecule has 0 unspecified atom stereocenters. The number of hydrogen-bond donors (Lipinski definition) is 1. The lowest BCUT2D eigenvalue weighted by Gasteiger charge is -2.07. The van der Waals surface area contributed by atoms with Crippen molar-refractivity contribution >= 4 is 22.6 Å². The average molecular weight is 242 g/mol. The van der Waals surface area contributed by atoms with Crippen LogP contribution in [0.3, 0.4) is 0 Å². The van der Waals surface area contributed by atoms with E-state index in [1.54, 1.807) is 13.2 Å². The summed E-state index contributed by atoms with van der Waals surface area (Å²) in [6, 6.07) is 3.63. The molecule has 0 amide bonds. The average Bonchev–Trinajstić information content (AvgIpc) is 2.65. The van der Waals surface area contributed by atoms with Gasteiger partial charge in [0.05, 0.1) is 18.7 Å². The minimum atomic E-state index is 0.232. The molecule has 0 atom stereocenters. The van der Waals surface area contributed by atoms with Crippen molar-refractivity contribution in [2.75, 3.05) is 7.11 Å². The Morgan fingerprint density at radius 1 is 1.44 bits per heavy atom. The molecule has 0 spiro atoms. The first-order valence-corrected chi connectivity index (χ1v) is 5.12. The molecule has 0 fully saturated rings. The van der Waals surface area contributed by atoms with Crippen LogP contribution in [0.4, 0.5) is 0 Å². The molecule has 1 aromatic heterocycles. The maximum absolute atomic E-state index is 6.21. The SMILES string of the molecule is COc1cc(CON)c(Cl)c2cc(C)oc12. The molecule has 0 saturated heterocycles. The van der Waals surface area contributed by atoms with Gasteiger partial charge in [0.1, 0.15) is 5.76 Å². The molecule has 0 bridgehead atoms. The Balaban J connectivity index is 2.71. The van der Waals surface area contributed by atoms with E-state index in [9.17, 15) is 0 Å². The molecule has 1 heterocycles. The fourth-order valence-corrected chi connectivity index (χ4v) is 1.92. The molecule has 0 aliphatic carbocycles. The summed E-state index contributed by atoms with van der Waals surface area (Å²) in [6.07, 6.45) is 0. The lowest BCUT2D eigenvalue weighted by molar-refractivity contribution is 0.124. The van der Waals surface area contributed by atoms with Gasteiger partial charge in [-0.1, -0.05) is 11.6 Å². The van der Waals surface area contributed by atoms with Crippen LogP contribution >= 0.6 is 11.6 Å². The standard InChI is InChI=1S/C11H12ClNO3/c1-6-3-8-10(12)7(5-15-13)4-9(14-2)11(8)16-6/h3-4H,5,13H2,1-2H3. The summed E-state index contributed by atoms with van der Waals surface area (Å²) in [7, 11) is 1.58. The molecule has 0 aliphatic heterocycles. The first-order valence-electron chi connectivity index (χ1n) is 4.74. The fourth-order valence-electron chi connectivity index (χ4n) is 1.67. The second-order valence-corrected chi connectivity index (χ2v) is 3.84. The highest BCUT2D eigenvalue weighted by atomic mass is 35.5. The summed E-state index contributed by atoms with van der Waals surface area (Å²) in [5.74, 6) is 6.45. The summed E-state index contributed by atoms with van der Waals surface area (Å²) in [6.45, 7) is 2.09. The van der Waals surface area contributed by atoms with Crippen LogP contribution in [0.1, 0.15) is 11.3 Å². The van der Waals surface area contributed by atoms with Gasteiger partial charge in [-0.15, -0.1) is 0 Å². The van der Waals surface area contributed by atoms with Crippen LogP contribution in [0, 0.1) is 6.92 Å². The van der Waals surface area contributed by atoms with Crippen LogP contribution in [0.5, 0.6) is 5.75 Å². The number of hydrogen-bond acceptors (Lipinski definition) is 4. The molecule has 2 aromatic rings. The summed E-state index contributed by atoms with van der Waals surface area (Å²) < 4.78 is 10.8. The number of ether oxygens (including phenoxy) is 1. The maximum atomic E-state index is 6.21. The normalized spacial score (nSPS) is 11.0. The van der Waals surface area contributed by atoms with E-state index in [4.69, 9.17) is 26.7 Å². The molecule has 1 aromatic carbocycles. The van der Waals surface area contributed by atoms with Crippen molar-refractivity contribution in [1.29, 1.82) is 0 Å². The molecule has 4 nitrogen and oxygen atoms in total. The van der Waals surface area contributed by atoms with Crippen molar-refractivity contribution in [3.63, 3.8) is 0 Å². The van der Waals surface area contributed by atoms with E-state index in [2.05, 4.69) is 4.84 Å². The second-order valence-electron chi connectivity index (χ2n) is 3.46. The number of fused-ring (bicyclic) bond motifs is 1. The van der Waals surface area contributed by atoms with Gasteiger partial charge in [-0.2, -0.15) is 0 Å². The third kappa shape index (κ3) is 1.75. The smallest absolute Gasteiger partial charge is 0.177 e. The van der Waals surface area contributed by atoms with Gasteiger partial charge in [0.2, 0.25) is 0 Å².